The molecule has 134 valence electrons. The highest BCUT2D eigenvalue weighted by Crippen LogP contribution is 2.27. The zero-order valence-corrected chi connectivity index (χ0v) is 15.6. The summed E-state index contributed by atoms with van der Waals surface area (Å²) in [7, 11) is 0. The van der Waals surface area contributed by atoms with E-state index in [1.807, 2.05) is 32.0 Å². The van der Waals surface area contributed by atoms with E-state index < -0.39 is 0 Å². The largest absolute Gasteiger partial charge is 0.323 e. The van der Waals surface area contributed by atoms with Crippen LogP contribution in [0.1, 0.15) is 16.7 Å². The molecule has 0 bridgehead atoms. The van der Waals surface area contributed by atoms with Gasteiger partial charge in [0.15, 0.2) is 0 Å². The summed E-state index contributed by atoms with van der Waals surface area (Å²) in [5, 5.41) is 15.2. The Labute approximate surface area is 162 Å². The molecule has 1 heterocycles. The zero-order chi connectivity index (χ0) is 19.4. The highest BCUT2D eigenvalue weighted by molar-refractivity contribution is 6.32. The highest BCUT2D eigenvalue weighted by Gasteiger charge is 2.10. The minimum atomic E-state index is -0.327. The molecule has 0 aliphatic carbocycles. The second kappa shape index (κ2) is 7.90. The van der Waals surface area contributed by atoms with Crippen LogP contribution in [-0.4, -0.2) is 11.0 Å². The first-order valence-electron chi connectivity index (χ1n) is 8.27. The minimum Gasteiger partial charge on any atom is -0.308 e. The van der Waals surface area contributed by atoms with Gasteiger partial charge < -0.3 is 10.6 Å². The number of benzene rings is 2. The van der Waals surface area contributed by atoms with Gasteiger partial charge in [0.25, 0.3) is 0 Å². The Kier molecular flexibility index (Phi) is 5.39. The summed E-state index contributed by atoms with van der Waals surface area (Å²) in [6, 6.07) is 16.2. The maximum atomic E-state index is 12.2. The van der Waals surface area contributed by atoms with Crippen LogP contribution < -0.4 is 10.6 Å². The predicted octanol–water partition coefficient (Wildman–Crippen LogP) is 5.53. The van der Waals surface area contributed by atoms with Crippen LogP contribution in [0.5, 0.6) is 0 Å². The third kappa shape index (κ3) is 4.43. The molecule has 27 heavy (non-hydrogen) atoms. The van der Waals surface area contributed by atoms with E-state index in [1.165, 1.54) is 0 Å². The maximum absolute atomic E-state index is 12.2. The molecule has 0 saturated heterocycles. The number of halogens is 1. The van der Waals surface area contributed by atoms with E-state index in [1.54, 1.807) is 36.5 Å². The first-order valence-corrected chi connectivity index (χ1v) is 8.65. The molecule has 1 aromatic heterocycles. The number of pyridine rings is 1. The van der Waals surface area contributed by atoms with E-state index in [9.17, 15) is 10.1 Å². The number of carbonyl (C=O) groups is 1. The number of aromatic nitrogens is 1. The summed E-state index contributed by atoms with van der Waals surface area (Å²) in [6.45, 7) is 3.96. The van der Waals surface area contributed by atoms with Crippen molar-refractivity contribution in [3.8, 4) is 17.3 Å². The third-order valence-electron chi connectivity index (χ3n) is 3.91. The van der Waals surface area contributed by atoms with Crippen LogP contribution in [0.4, 0.5) is 16.2 Å². The molecule has 0 spiro atoms. The molecule has 3 aromatic rings. The number of amides is 2. The second-order valence-electron chi connectivity index (χ2n) is 6.16. The van der Waals surface area contributed by atoms with Crippen molar-refractivity contribution in [1.82, 2.24) is 4.98 Å². The summed E-state index contributed by atoms with van der Waals surface area (Å²) in [5.41, 5.74) is 5.11. The van der Waals surface area contributed by atoms with Crippen molar-refractivity contribution >= 4 is 29.0 Å². The first-order chi connectivity index (χ1) is 13.0. The molecule has 2 aromatic carbocycles. The molecular weight excluding hydrogens is 360 g/mol. The fraction of sp³-hybridized carbons (Fsp3) is 0.0952. The summed E-state index contributed by atoms with van der Waals surface area (Å²) in [6.07, 6.45) is 1.56. The lowest BCUT2D eigenvalue weighted by atomic mass is 10.1. The van der Waals surface area contributed by atoms with Gasteiger partial charge in [0.2, 0.25) is 0 Å². The maximum Gasteiger partial charge on any atom is 0.323 e. The van der Waals surface area contributed by atoms with Crippen LogP contribution in [0.25, 0.3) is 11.3 Å². The molecular formula is C21H17ClN4O. The standard InChI is InChI=1S/C21H17ClN4O/c1-13-9-14(2)11-17(10-13)26-21(27)25-16-5-3-15(4-6-16)20-18(12-23)19(22)7-8-24-20/h3-11H,1-2H3,(H2,25,26,27). The number of anilines is 2. The average molecular weight is 377 g/mol. The van der Waals surface area contributed by atoms with Crippen molar-refractivity contribution in [2.45, 2.75) is 13.8 Å². The topological polar surface area (TPSA) is 77.8 Å². The lowest BCUT2D eigenvalue weighted by Crippen LogP contribution is -2.19. The van der Waals surface area contributed by atoms with Crippen LogP contribution >= 0.6 is 11.6 Å². The van der Waals surface area contributed by atoms with Gasteiger partial charge in [0.1, 0.15) is 6.07 Å². The number of nitrogens with one attached hydrogen (secondary N) is 2. The van der Waals surface area contributed by atoms with Gasteiger partial charge in [-0.1, -0.05) is 29.8 Å². The van der Waals surface area contributed by atoms with E-state index in [2.05, 4.69) is 21.7 Å². The molecule has 2 amide bonds. The van der Waals surface area contributed by atoms with E-state index in [4.69, 9.17) is 11.6 Å². The molecule has 0 fully saturated rings. The van der Waals surface area contributed by atoms with Gasteiger partial charge in [-0.15, -0.1) is 0 Å². The summed E-state index contributed by atoms with van der Waals surface area (Å²) in [5.74, 6) is 0. The molecule has 6 heteroatoms. The van der Waals surface area contributed by atoms with Crippen LogP contribution in [0.2, 0.25) is 5.02 Å². The van der Waals surface area contributed by atoms with Crippen molar-refractivity contribution in [3.05, 3.63) is 76.4 Å². The molecule has 2 N–H and O–H groups in total. The number of rotatable bonds is 3. The van der Waals surface area contributed by atoms with Gasteiger partial charge in [0.05, 0.1) is 16.3 Å². The SMILES string of the molecule is Cc1cc(C)cc(NC(=O)Nc2ccc(-c3nccc(Cl)c3C#N)cc2)c1. The molecule has 0 saturated carbocycles. The van der Waals surface area contributed by atoms with Crippen molar-refractivity contribution in [2.24, 2.45) is 0 Å². The summed E-state index contributed by atoms with van der Waals surface area (Å²) >= 11 is 6.05. The van der Waals surface area contributed by atoms with Crippen LogP contribution in [0.15, 0.2) is 54.7 Å². The van der Waals surface area contributed by atoms with Gasteiger partial charge in [-0.25, -0.2) is 4.79 Å². The quantitative estimate of drug-likeness (QED) is 0.630. The van der Waals surface area contributed by atoms with Gasteiger partial charge in [0, 0.05) is 23.1 Å². The Bertz CT molecular complexity index is 1020. The second-order valence-corrected chi connectivity index (χ2v) is 6.57. The number of aryl methyl sites for hydroxylation is 2. The number of carbonyl (C=O) groups excluding carboxylic acids is 1. The zero-order valence-electron chi connectivity index (χ0n) is 14.9. The number of nitrogens with zero attached hydrogens (tertiary/aromatic N) is 2. The average Bonchev–Trinajstić information content (AvgIpc) is 2.61. The first kappa shape index (κ1) is 18.4. The van der Waals surface area contributed by atoms with Gasteiger partial charge in [-0.3, -0.25) is 4.98 Å². The van der Waals surface area contributed by atoms with Crippen LogP contribution in [0.3, 0.4) is 0 Å². The van der Waals surface area contributed by atoms with Crippen molar-refractivity contribution in [3.63, 3.8) is 0 Å². The van der Waals surface area contributed by atoms with E-state index >= 15 is 0 Å². The van der Waals surface area contributed by atoms with Crippen molar-refractivity contribution in [2.75, 3.05) is 10.6 Å². The fourth-order valence-electron chi connectivity index (χ4n) is 2.82. The number of hydrogen-bond donors (Lipinski definition) is 2. The van der Waals surface area contributed by atoms with Crippen molar-refractivity contribution < 1.29 is 4.79 Å². The van der Waals surface area contributed by atoms with Crippen LogP contribution in [-0.2, 0) is 0 Å². The Morgan fingerprint density at radius 1 is 1.00 bits per heavy atom. The molecule has 0 atom stereocenters. The Hall–Kier alpha value is -3.36. The molecule has 5 nitrogen and oxygen atoms in total. The Balaban J connectivity index is 1.74. The van der Waals surface area contributed by atoms with Gasteiger partial charge >= 0.3 is 6.03 Å². The lowest BCUT2D eigenvalue weighted by molar-refractivity contribution is 0.262. The van der Waals surface area contributed by atoms with Crippen molar-refractivity contribution in [1.29, 1.82) is 5.26 Å². The molecule has 0 radical (unpaired) electrons. The minimum absolute atomic E-state index is 0.326. The highest BCUT2D eigenvalue weighted by atomic mass is 35.5. The summed E-state index contributed by atoms with van der Waals surface area (Å²) < 4.78 is 0. The lowest BCUT2D eigenvalue weighted by Gasteiger charge is -2.10. The monoisotopic (exact) mass is 376 g/mol. The summed E-state index contributed by atoms with van der Waals surface area (Å²) in [4.78, 5) is 16.4. The van der Waals surface area contributed by atoms with E-state index in [-0.39, 0.29) is 6.03 Å². The van der Waals surface area contributed by atoms with Crippen LogP contribution in [0, 0.1) is 25.2 Å². The predicted molar refractivity (Wildman–Crippen MR) is 108 cm³/mol. The fourth-order valence-corrected chi connectivity index (χ4v) is 3.00. The molecule has 3 rings (SSSR count). The van der Waals surface area contributed by atoms with Gasteiger partial charge in [-0.05, 0) is 55.3 Å². The number of nitriles is 1. The van der Waals surface area contributed by atoms with E-state index in [0.29, 0.717) is 22.0 Å². The normalized spacial score (nSPS) is 10.1. The van der Waals surface area contributed by atoms with Gasteiger partial charge in [-0.2, -0.15) is 5.26 Å². The molecule has 0 unspecified atom stereocenters. The molecule has 0 aliphatic rings. The Morgan fingerprint density at radius 2 is 1.63 bits per heavy atom. The van der Waals surface area contributed by atoms with E-state index in [0.717, 1.165) is 22.4 Å². The Morgan fingerprint density at radius 3 is 2.26 bits per heavy atom. The smallest absolute Gasteiger partial charge is 0.308 e. The number of urea groups is 1. The third-order valence-corrected chi connectivity index (χ3v) is 4.22. The number of hydrogen-bond acceptors (Lipinski definition) is 3. The molecule has 0 aliphatic heterocycles.